The maximum absolute atomic E-state index is 11.8. The van der Waals surface area contributed by atoms with Crippen LogP contribution in [0.5, 0.6) is 11.5 Å². The summed E-state index contributed by atoms with van der Waals surface area (Å²) in [5.41, 5.74) is 0.252. The van der Waals surface area contributed by atoms with Crippen LogP contribution in [0, 0.1) is 0 Å². The van der Waals surface area contributed by atoms with Gasteiger partial charge in [0.15, 0.2) is 0 Å². The van der Waals surface area contributed by atoms with Crippen LogP contribution in [0.2, 0.25) is 0 Å². The van der Waals surface area contributed by atoms with Crippen molar-refractivity contribution in [2.75, 3.05) is 13.2 Å². The summed E-state index contributed by atoms with van der Waals surface area (Å²) in [6.45, 7) is 4.07. The van der Waals surface area contributed by atoms with Gasteiger partial charge in [0, 0.05) is 6.08 Å². The van der Waals surface area contributed by atoms with Crippen molar-refractivity contribution in [3.05, 3.63) is 72.8 Å². The maximum Gasteiger partial charge on any atom is 0.521 e. The summed E-state index contributed by atoms with van der Waals surface area (Å²) in [4.78, 5) is 34.3. The van der Waals surface area contributed by atoms with Crippen molar-refractivity contribution < 1.29 is 33.3 Å². The average molecular weight is 384 g/mol. The van der Waals surface area contributed by atoms with Gasteiger partial charge in [-0.15, -0.1) is 0 Å². The molecule has 0 aliphatic carbocycles. The first-order chi connectivity index (χ1) is 13.6. The third kappa shape index (κ3) is 7.33. The van der Waals surface area contributed by atoms with Crippen molar-refractivity contribution in [2.24, 2.45) is 0 Å². The van der Waals surface area contributed by atoms with E-state index in [0.29, 0.717) is 31.8 Å². The van der Waals surface area contributed by atoms with E-state index in [1.165, 1.54) is 24.3 Å². The monoisotopic (exact) mass is 384 g/mol. The number of hydrogen-bond acceptors (Lipinski definition) is 7. The normalized spacial score (nSPS) is 9.86. The van der Waals surface area contributed by atoms with Crippen LogP contribution in [0.25, 0.3) is 0 Å². The van der Waals surface area contributed by atoms with E-state index in [-0.39, 0.29) is 11.3 Å². The van der Waals surface area contributed by atoms with Crippen molar-refractivity contribution in [2.45, 2.75) is 12.8 Å². The molecule has 0 N–H and O–H groups in total. The number of benzene rings is 2. The number of carbonyl (C=O) groups is 3. The molecule has 0 aromatic heterocycles. The molecule has 2 aromatic rings. The summed E-state index contributed by atoms with van der Waals surface area (Å²) in [6.07, 6.45) is 1.38. The predicted octanol–water partition coefficient (Wildman–Crippen LogP) is 3.93. The minimum absolute atomic E-state index is 0.217. The molecular weight excluding hydrogens is 364 g/mol. The van der Waals surface area contributed by atoms with Crippen molar-refractivity contribution in [3.8, 4) is 11.5 Å². The van der Waals surface area contributed by atoms with Gasteiger partial charge in [-0.05, 0) is 49.2 Å². The summed E-state index contributed by atoms with van der Waals surface area (Å²) >= 11 is 0. The SMILES string of the molecule is C=CC(=O)OCCCCOc1ccc(OC(=O)OC(=O)c2ccccc2)cc1. The zero-order chi connectivity index (χ0) is 20.2. The number of unbranched alkanes of at least 4 members (excludes halogenated alkanes) is 1. The molecule has 0 saturated heterocycles. The number of ether oxygens (including phenoxy) is 4. The molecule has 0 atom stereocenters. The van der Waals surface area contributed by atoms with Crippen LogP contribution in [-0.4, -0.2) is 31.3 Å². The third-order valence-electron chi connectivity index (χ3n) is 3.43. The van der Waals surface area contributed by atoms with Gasteiger partial charge in [0.05, 0.1) is 18.8 Å². The molecule has 28 heavy (non-hydrogen) atoms. The molecule has 0 spiro atoms. The van der Waals surface area contributed by atoms with E-state index in [1.807, 2.05) is 0 Å². The fourth-order valence-corrected chi connectivity index (χ4v) is 2.06. The molecule has 0 bridgehead atoms. The second kappa shape index (κ2) is 11.2. The Hall–Kier alpha value is -3.61. The van der Waals surface area contributed by atoms with E-state index < -0.39 is 18.1 Å². The Balaban J connectivity index is 1.69. The second-order valence-electron chi connectivity index (χ2n) is 5.51. The van der Waals surface area contributed by atoms with Gasteiger partial charge >= 0.3 is 18.1 Å². The third-order valence-corrected chi connectivity index (χ3v) is 3.43. The summed E-state index contributed by atoms with van der Waals surface area (Å²) in [7, 11) is 0. The zero-order valence-corrected chi connectivity index (χ0v) is 15.2. The Morgan fingerprint density at radius 3 is 2.18 bits per heavy atom. The summed E-state index contributed by atoms with van der Waals surface area (Å²) in [6, 6.07) is 14.4. The van der Waals surface area contributed by atoms with Gasteiger partial charge in [-0.1, -0.05) is 24.8 Å². The fraction of sp³-hybridized carbons (Fsp3) is 0.190. The maximum atomic E-state index is 11.8. The van der Waals surface area contributed by atoms with E-state index in [9.17, 15) is 14.4 Å². The summed E-state index contributed by atoms with van der Waals surface area (Å²) < 4.78 is 20.0. The van der Waals surface area contributed by atoms with Crippen LogP contribution < -0.4 is 9.47 Å². The highest BCUT2D eigenvalue weighted by Crippen LogP contribution is 2.18. The topological polar surface area (TPSA) is 88.1 Å². The molecule has 0 radical (unpaired) electrons. The van der Waals surface area contributed by atoms with Crippen LogP contribution in [0.15, 0.2) is 67.3 Å². The lowest BCUT2D eigenvalue weighted by Gasteiger charge is -2.08. The van der Waals surface area contributed by atoms with Gasteiger partial charge in [-0.3, -0.25) is 0 Å². The van der Waals surface area contributed by atoms with Crippen molar-refractivity contribution in [3.63, 3.8) is 0 Å². The Kier molecular flexibility index (Phi) is 8.26. The minimum Gasteiger partial charge on any atom is -0.494 e. The van der Waals surface area contributed by atoms with Crippen LogP contribution in [0.1, 0.15) is 23.2 Å². The van der Waals surface area contributed by atoms with Crippen LogP contribution in [0.4, 0.5) is 4.79 Å². The molecule has 0 aliphatic rings. The lowest BCUT2D eigenvalue weighted by atomic mass is 10.2. The van der Waals surface area contributed by atoms with E-state index >= 15 is 0 Å². The van der Waals surface area contributed by atoms with Gasteiger partial charge in [-0.2, -0.15) is 0 Å². The first-order valence-electron chi connectivity index (χ1n) is 8.59. The molecule has 0 saturated carbocycles. The van der Waals surface area contributed by atoms with Crippen molar-refractivity contribution in [1.29, 1.82) is 0 Å². The molecule has 146 valence electrons. The molecule has 7 heteroatoms. The average Bonchev–Trinajstić information content (AvgIpc) is 2.72. The van der Waals surface area contributed by atoms with E-state index in [4.69, 9.17) is 14.2 Å². The van der Waals surface area contributed by atoms with Crippen LogP contribution in [-0.2, 0) is 14.3 Å². The van der Waals surface area contributed by atoms with Gasteiger partial charge in [0.1, 0.15) is 11.5 Å². The lowest BCUT2D eigenvalue weighted by Crippen LogP contribution is -2.16. The number of carbonyl (C=O) groups excluding carboxylic acids is 3. The molecule has 0 aliphatic heterocycles. The molecule has 2 rings (SSSR count). The Morgan fingerprint density at radius 2 is 1.50 bits per heavy atom. The molecular formula is C21H20O7. The zero-order valence-electron chi connectivity index (χ0n) is 15.2. The van der Waals surface area contributed by atoms with E-state index in [2.05, 4.69) is 11.3 Å². The second-order valence-corrected chi connectivity index (χ2v) is 5.51. The molecule has 2 aromatic carbocycles. The summed E-state index contributed by atoms with van der Waals surface area (Å²) in [5.74, 6) is -0.427. The fourth-order valence-electron chi connectivity index (χ4n) is 2.06. The molecule has 0 heterocycles. The molecule has 7 nitrogen and oxygen atoms in total. The molecule has 0 fully saturated rings. The lowest BCUT2D eigenvalue weighted by molar-refractivity contribution is -0.137. The predicted molar refractivity (Wildman–Crippen MR) is 100 cm³/mol. The Morgan fingerprint density at radius 1 is 0.857 bits per heavy atom. The van der Waals surface area contributed by atoms with E-state index in [0.717, 1.165) is 6.08 Å². The molecule has 0 unspecified atom stereocenters. The van der Waals surface area contributed by atoms with Gasteiger partial charge in [-0.25, -0.2) is 14.4 Å². The quantitative estimate of drug-likeness (QED) is 0.213. The number of hydrogen-bond donors (Lipinski definition) is 0. The highest BCUT2D eigenvalue weighted by atomic mass is 16.7. The standard InChI is InChI=1S/C21H20O7/c1-2-19(22)26-15-7-6-14-25-17-10-12-18(13-11-17)27-21(24)28-20(23)16-8-4-3-5-9-16/h2-5,8-13H,1,6-7,14-15H2. The molecule has 0 amide bonds. The number of esters is 2. The van der Waals surface area contributed by atoms with Crippen LogP contribution in [0.3, 0.4) is 0 Å². The minimum atomic E-state index is -1.11. The van der Waals surface area contributed by atoms with Gasteiger partial charge in [0.25, 0.3) is 0 Å². The highest BCUT2D eigenvalue weighted by molar-refractivity contribution is 5.95. The number of rotatable bonds is 9. The van der Waals surface area contributed by atoms with Crippen molar-refractivity contribution in [1.82, 2.24) is 0 Å². The smallest absolute Gasteiger partial charge is 0.494 e. The van der Waals surface area contributed by atoms with Gasteiger partial charge < -0.3 is 18.9 Å². The van der Waals surface area contributed by atoms with E-state index in [1.54, 1.807) is 30.3 Å². The first-order valence-corrected chi connectivity index (χ1v) is 8.59. The Bertz CT molecular complexity index is 797. The summed E-state index contributed by atoms with van der Waals surface area (Å²) in [5, 5.41) is 0. The first kappa shape index (κ1) is 20.7. The van der Waals surface area contributed by atoms with Gasteiger partial charge in [0.2, 0.25) is 0 Å². The van der Waals surface area contributed by atoms with Crippen molar-refractivity contribution >= 4 is 18.1 Å². The van der Waals surface area contributed by atoms with Crippen LogP contribution >= 0.6 is 0 Å². The largest absolute Gasteiger partial charge is 0.521 e. The highest BCUT2D eigenvalue weighted by Gasteiger charge is 2.14. The Labute approximate surface area is 162 Å².